The van der Waals surface area contributed by atoms with Gasteiger partial charge < -0.3 is 4.57 Å². The second-order valence-electron chi connectivity index (χ2n) is 9.21. The minimum atomic E-state index is 0.238. The SMILES string of the molecule is CCC1CCC(C)N1CC(=O)c1cc(CC2CCC2)n(-c2ccc(C#N)cc2)c1C. The molecule has 1 saturated heterocycles. The predicted molar refractivity (Wildman–Crippen MR) is 120 cm³/mol. The molecule has 0 spiro atoms. The first kappa shape index (κ1) is 20.9. The summed E-state index contributed by atoms with van der Waals surface area (Å²) < 4.78 is 2.25. The molecule has 30 heavy (non-hydrogen) atoms. The number of carbonyl (C=O) groups excluding carboxylic acids is 1. The molecule has 2 heterocycles. The number of likely N-dealkylation sites (tertiary alicyclic amines) is 1. The third-order valence-corrected chi connectivity index (χ3v) is 7.35. The molecule has 0 bridgehead atoms. The van der Waals surface area contributed by atoms with Crippen molar-refractivity contribution in [1.29, 1.82) is 5.26 Å². The molecule has 4 nitrogen and oxygen atoms in total. The van der Waals surface area contributed by atoms with Crippen molar-refractivity contribution in [2.75, 3.05) is 6.54 Å². The van der Waals surface area contributed by atoms with Crippen LogP contribution in [0.3, 0.4) is 0 Å². The Morgan fingerprint density at radius 3 is 2.50 bits per heavy atom. The highest BCUT2D eigenvalue weighted by Gasteiger charge is 2.32. The van der Waals surface area contributed by atoms with Gasteiger partial charge in [-0.05, 0) is 75.8 Å². The lowest BCUT2D eigenvalue weighted by Crippen LogP contribution is -2.38. The Balaban J connectivity index is 1.66. The standard InChI is InChI=1S/C26H33N3O/c1-4-22-11-8-18(2)28(22)17-26(30)25-15-24(14-20-6-5-7-20)29(19(25)3)23-12-9-21(16-27)10-13-23/h9-10,12-13,15,18,20,22H,4-8,11,14,17H2,1-3H3. The first-order chi connectivity index (χ1) is 14.5. The summed E-state index contributed by atoms with van der Waals surface area (Å²) in [6, 6.07) is 13.1. The van der Waals surface area contributed by atoms with E-state index in [1.165, 1.54) is 37.8 Å². The molecule has 2 unspecified atom stereocenters. The van der Waals surface area contributed by atoms with Gasteiger partial charge in [0.15, 0.2) is 5.78 Å². The van der Waals surface area contributed by atoms with Crippen LogP contribution in [0.1, 0.15) is 79.7 Å². The van der Waals surface area contributed by atoms with Crippen LogP contribution in [-0.4, -0.2) is 33.9 Å². The lowest BCUT2D eigenvalue weighted by atomic mass is 9.82. The zero-order valence-corrected chi connectivity index (χ0v) is 18.5. The van der Waals surface area contributed by atoms with Gasteiger partial charge in [0, 0.05) is 34.7 Å². The minimum absolute atomic E-state index is 0.238. The van der Waals surface area contributed by atoms with Crippen molar-refractivity contribution in [3.8, 4) is 11.8 Å². The molecular weight excluding hydrogens is 370 g/mol. The maximum absolute atomic E-state index is 13.4. The molecule has 158 valence electrons. The number of hydrogen-bond acceptors (Lipinski definition) is 3. The largest absolute Gasteiger partial charge is 0.317 e. The number of nitriles is 1. The number of carbonyl (C=O) groups is 1. The molecule has 0 radical (unpaired) electrons. The summed E-state index contributed by atoms with van der Waals surface area (Å²) in [4.78, 5) is 15.8. The third kappa shape index (κ3) is 3.96. The first-order valence-corrected chi connectivity index (χ1v) is 11.5. The van der Waals surface area contributed by atoms with Crippen LogP contribution in [0.2, 0.25) is 0 Å². The highest BCUT2D eigenvalue weighted by molar-refractivity contribution is 5.99. The number of ketones is 1. The highest BCUT2D eigenvalue weighted by atomic mass is 16.1. The summed E-state index contributed by atoms with van der Waals surface area (Å²) in [6.07, 6.45) is 8.39. The number of Topliss-reactive ketones (excluding diaryl/α,β-unsaturated/α-hetero) is 1. The van der Waals surface area contributed by atoms with Crippen molar-refractivity contribution < 1.29 is 4.79 Å². The van der Waals surface area contributed by atoms with Crippen LogP contribution in [0.15, 0.2) is 30.3 Å². The molecule has 0 N–H and O–H groups in total. The Labute approximate surface area is 180 Å². The number of aromatic nitrogens is 1. The van der Waals surface area contributed by atoms with Gasteiger partial charge in [-0.1, -0.05) is 26.2 Å². The van der Waals surface area contributed by atoms with Crippen LogP contribution in [0, 0.1) is 24.2 Å². The monoisotopic (exact) mass is 403 g/mol. The maximum atomic E-state index is 13.4. The summed E-state index contributed by atoms with van der Waals surface area (Å²) in [5.41, 5.74) is 4.82. The van der Waals surface area contributed by atoms with Gasteiger partial charge in [0.25, 0.3) is 0 Å². The van der Waals surface area contributed by atoms with E-state index in [1.54, 1.807) is 0 Å². The average molecular weight is 404 g/mol. The smallest absolute Gasteiger partial charge is 0.178 e. The molecule has 4 heteroatoms. The van der Waals surface area contributed by atoms with Crippen LogP contribution in [-0.2, 0) is 6.42 Å². The van der Waals surface area contributed by atoms with Gasteiger partial charge >= 0.3 is 0 Å². The molecular formula is C26H33N3O. The van der Waals surface area contributed by atoms with E-state index < -0.39 is 0 Å². The van der Waals surface area contributed by atoms with Gasteiger partial charge in [-0.25, -0.2) is 0 Å². The third-order valence-electron chi connectivity index (χ3n) is 7.35. The van der Waals surface area contributed by atoms with Gasteiger partial charge in [0.1, 0.15) is 0 Å². The van der Waals surface area contributed by atoms with Crippen LogP contribution in [0.4, 0.5) is 0 Å². The number of nitrogens with zero attached hydrogens (tertiary/aromatic N) is 3. The van der Waals surface area contributed by atoms with Crippen molar-refractivity contribution in [3.05, 3.63) is 52.8 Å². The van der Waals surface area contributed by atoms with Gasteiger partial charge in [-0.3, -0.25) is 9.69 Å². The molecule has 0 amide bonds. The molecule has 1 aromatic carbocycles. The Kier molecular flexibility index (Phi) is 6.11. The lowest BCUT2D eigenvalue weighted by Gasteiger charge is -2.26. The van der Waals surface area contributed by atoms with Crippen LogP contribution < -0.4 is 0 Å². The predicted octanol–water partition coefficient (Wildman–Crippen LogP) is 5.45. The molecule has 1 aromatic heterocycles. The van der Waals surface area contributed by atoms with Crippen LogP contribution in [0.5, 0.6) is 0 Å². The van der Waals surface area contributed by atoms with Crippen molar-refractivity contribution >= 4 is 5.78 Å². The maximum Gasteiger partial charge on any atom is 0.178 e. The summed E-state index contributed by atoms with van der Waals surface area (Å²) >= 11 is 0. The molecule has 4 rings (SSSR count). The van der Waals surface area contributed by atoms with Crippen LogP contribution >= 0.6 is 0 Å². The fraction of sp³-hybridized carbons (Fsp3) is 0.538. The van der Waals surface area contributed by atoms with Gasteiger partial charge in [-0.15, -0.1) is 0 Å². The molecule has 2 aromatic rings. The zero-order chi connectivity index (χ0) is 21.3. The van der Waals surface area contributed by atoms with Gasteiger partial charge in [0.05, 0.1) is 18.2 Å². The fourth-order valence-electron chi connectivity index (χ4n) is 5.24. The minimum Gasteiger partial charge on any atom is -0.317 e. The molecule has 2 atom stereocenters. The van der Waals surface area contributed by atoms with E-state index in [1.807, 2.05) is 24.3 Å². The number of benzene rings is 1. The van der Waals surface area contributed by atoms with E-state index >= 15 is 0 Å². The first-order valence-electron chi connectivity index (χ1n) is 11.5. The topological polar surface area (TPSA) is 49.0 Å². The quantitative estimate of drug-likeness (QED) is 0.578. The molecule has 2 aliphatic rings. The summed E-state index contributed by atoms with van der Waals surface area (Å²) in [6.45, 7) is 7.06. The highest BCUT2D eigenvalue weighted by Crippen LogP contribution is 2.33. The Hall–Kier alpha value is -2.38. The molecule has 1 aliphatic heterocycles. The van der Waals surface area contributed by atoms with E-state index in [4.69, 9.17) is 5.26 Å². The molecule has 1 saturated carbocycles. The second-order valence-corrected chi connectivity index (χ2v) is 9.21. The van der Waals surface area contributed by atoms with E-state index in [0.29, 0.717) is 24.2 Å². The Morgan fingerprint density at radius 1 is 1.17 bits per heavy atom. The molecule has 1 aliphatic carbocycles. The average Bonchev–Trinajstić information content (AvgIpc) is 3.24. The normalized spacial score (nSPS) is 22.1. The zero-order valence-electron chi connectivity index (χ0n) is 18.5. The van der Waals surface area contributed by atoms with Crippen molar-refractivity contribution in [2.45, 2.75) is 77.8 Å². The van der Waals surface area contributed by atoms with E-state index in [0.717, 1.165) is 35.7 Å². The fourth-order valence-corrected chi connectivity index (χ4v) is 5.24. The van der Waals surface area contributed by atoms with Crippen LogP contribution in [0.25, 0.3) is 5.69 Å². The second kappa shape index (κ2) is 8.78. The van der Waals surface area contributed by atoms with E-state index in [9.17, 15) is 4.79 Å². The number of rotatable bonds is 7. The van der Waals surface area contributed by atoms with Crippen molar-refractivity contribution in [3.63, 3.8) is 0 Å². The summed E-state index contributed by atoms with van der Waals surface area (Å²) in [5.74, 6) is 0.962. The van der Waals surface area contributed by atoms with Crippen molar-refractivity contribution in [1.82, 2.24) is 9.47 Å². The Bertz CT molecular complexity index is 946. The van der Waals surface area contributed by atoms with Crippen molar-refractivity contribution in [2.24, 2.45) is 5.92 Å². The number of hydrogen-bond donors (Lipinski definition) is 0. The van der Waals surface area contributed by atoms with E-state index in [-0.39, 0.29) is 5.78 Å². The molecule has 2 fully saturated rings. The lowest BCUT2D eigenvalue weighted by molar-refractivity contribution is 0.0888. The van der Waals surface area contributed by atoms with Gasteiger partial charge in [-0.2, -0.15) is 5.26 Å². The van der Waals surface area contributed by atoms with E-state index in [2.05, 4.69) is 42.4 Å². The Morgan fingerprint density at radius 2 is 1.90 bits per heavy atom. The van der Waals surface area contributed by atoms with Gasteiger partial charge in [0.2, 0.25) is 0 Å². The summed E-state index contributed by atoms with van der Waals surface area (Å²) in [7, 11) is 0. The summed E-state index contributed by atoms with van der Waals surface area (Å²) in [5, 5.41) is 9.14.